The number of hydrogen-bond acceptors (Lipinski definition) is 5. The van der Waals surface area contributed by atoms with Crippen molar-refractivity contribution in [3.05, 3.63) is 29.7 Å². The fraction of sp³-hybridized carbons (Fsp3) is 0.333. The molecule has 1 atom stereocenters. The fourth-order valence-corrected chi connectivity index (χ4v) is 1.21. The maximum Gasteiger partial charge on any atom is 0.255 e. The van der Waals surface area contributed by atoms with Gasteiger partial charge in [-0.1, -0.05) is 5.16 Å². The van der Waals surface area contributed by atoms with E-state index in [9.17, 15) is 4.79 Å². The summed E-state index contributed by atoms with van der Waals surface area (Å²) in [7, 11) is 0. The lowest BCUT2D eigenvalue weighted by Gasteiger charge is -2.07. The van der Waals surface area contributed by atoms with Gasteiger partial charge < -0.3 is 9.84 Å². The quantitative estimate of drug-likeness (QED) is 0.790. The van der Waals surface area contributed by atoms with Gasteiger partial charge >= 0.3 is 0 Å². The van der Waals surface area contributed by atoms with Gasteiger partial charge in [-0.25, -0.2) is 0 Å². The Labute approximate surface area is 91.2 Å². The average molecular weight is 221 g/mol. The number of carbonyl (C=O) groups is 1. The zero-order valence-electron chi connectivity index (χ0n) is 8.89. The second-order valence-corrected chi connectivity index (χ2v) is 3.36. The van der Waals surface area contributed by atoms with Crippen LogP contribution in [0.5, 0.6) is 0 Å². The van der Waals surface area contributed by atoms with Crippen molar-refractivity contribution in [2.75, 3.05) is 0 Å². The Morgan fingerprint density at radius 1 is 1.62 bits per heavy atom. The van der Waals surface area contributed by atoms with Gasteiger partial charge in [-0.05, 0) is 13.8 Å². The van der Waals surface area contributed by atoms with Gasteiger partial charge in [0.05, 0.1) is 11.8 Å². The first-order valence-electron chi connectivity index (χ1n) is 4.76. The summed E-state index contributed by atoms with van der Waals surface area (Å²) in [5.41, 5.74) is 0.461. The average Bonchev–Trinajstić information content (AvgIpc) is 2.87. The highest BCUT2D eigenvalue weighted by Gasteiger charge is 2.16. The number of aryl methyl sites for hydroxylation is 1. The van der Waals surface area contributed by atoms with Crippen LogP contribution in [0.25, 0.3) is 0 Å². The minimum absolute atomic E-state index is 0.239. The molecule has 0 aliphatic rings. The number of hydrogen-bond donors (Lipinski definition) is 2. The smallest absolute Gasteiger partial charge is 0.255 e. The molecule has 7 heteroatoms. The summed E-state index contributed by atoms with van der Waals surface area (Å²) in [6.45, 7) is 3.49. The molecule has 0 spiro atoms. The lowest BCUT2D eigenvalue weighted by Crippen LogP contribution is -2.26. The number of carbonyl (C=O) groups excluding carboxylic acids is 1. The van der Waals surface area contributed by atoms with Gasteiger partial charge in [0.15, 0.2) is 5.82 Å². The van der Waals surface area contributed by atoms with E-state index in [1.165, 1.54) is 12.4 Å². The van der Waals surface area contributed by atoms with Crippen molar-refractivity contribution in [2.24, 2.45) is 0 Å². The standard InChI is InChI=1S/C9H11N5O2/c1-5(9-13-6(2)14-16-9)12-8(15)7-3-10-11-4-7/h3-5H,1-2H3,(H,10,11)(H,12,15). The number of aromatic amines is 1. The van der Waals surface area contributed by atoms with Gasteiger partial charge in [0.1, 0.15) is 6.04 Å². The predicted molar refractivity (Wildman–Crippen MR) is 53.5 cm³/mol. The van der Waals surface area contributed by atoms with E-state index in [-0.39, 0.29) is 11.9 Å². The second-order valence-electron chi connectivity index (χ2n) is 3.36. The van der Waals surface area contributed by atoms with Crippen LogP contribution < -0.4 is 5.32 Å². The molecule has 1 unspecified atom stereocenters. The van der Waals surface area contributed by atoms with Gasteiger partial charge in [0, 0.05) is 6.20 Å². The first-order valence-corrected chi connectivity index (χ1v) is 4.76. The van der Waals surface area contributed by atoms with Crippen molar-refractivity contribution < 1.29 is 9.32 Å². The zero-order chi connectivity index (χ0) is 11.5. The van der Waals surface area contributed by atoms with Crippen LogP contribution >= 0.6 is 0 Å². The molecule has 84 valence electrons. The number of rotatable bonds is 3. The third-order valence-electron chi connectivity index (χ3n) is 2.02. The van der Waals surface area contributed by atoms with Crippen LogP contribution in [0.15, 0.2) is 16.9 Å². The molecular formula is C9H11N5O2. The molecule has 0 saturated carbocycles. The Kier molecular flexibility index (Phi) is 2.67. The van der Waals surface area contributed by atoms with E-state index < -0.39 is 0 Å². The third kappa shape index (κ3) is 2.08. The normalized spacial score (nSPS) is 12.4. The maximum absolute atomic E-state index is 11.6. The number of amides is 1. The predicted octanol–water partition coefficient (Wildman–Crippen LogP) is 0.592. The molecule has 2 aromatic heterocycles. The molecule has 16 heavy (non-hydrogen) atoms. The summed E-state index contributed by atoms with van der Waals surface area (Å²) >= 11 is 0. The first kappa shape index (κ1) is 10.3. The molecule has 2 heterocycles. The van der Waals surface area contributed by atoms with Crippen LogP contribution in [0.2, 0.25) is 0 Å². The Bertz CT molecular complexity index is 476. The molecular weight excluding hydrogens is 210 g/mol. The van der Waals surface area contributed by atoms with E-state index in [1.807, 2.05) is 0 Å². The van der Waals surface area contributed by atoms with Crippen molar-refractivity contribution in [2.45, 2.75) is 19.9 Å². The van der Waals surface area contributed by atoms with E-state index in [1.54, 1.807) is 13.8 Å². The molecule has 0 fully saturated rings. The Morgan fingerprint density at radius 2 is 2.44 bits per heavy atom. The minimum Gasteiger partial charge on any atom is -0.340 e. The lowest BCUT2D eigenvalue weighted by atomic mass is 10.3. The number of nitrogens with zero attached hydrogens (tertiary/aromatic N) is 3. The monoisotopic (exact) mass is 221 g/mol. The summed E-state index contributed by atoms with van der Waals surface area (Å²) in [5, 5.41) is 12.6. The highest BCUT2D eigenvalue weighted by molar-refractivity contribution is 5.93. The highest BCUT2D eigenvalue weighted by Crippen LogP contribution is 2.09. The van der Waals surface area contributed by atoms with Crippen molar-refractivity contribution >= 4 is 5.91 Å². The van der Waals surface area contributed by atoms with Gasteiger partial charge in [0.2, 0.25) is 5.89 Å². The fourth-order valence-electron chi connectivity index (χ4n) is 1.21. The number of nitrogens with one attached hydrogen (secondary N) is 2. The molecule has 0 saturated heterocycles. The largest absolute Gasteiger partial charge is 0.340 e. The summed E-state index contributed by atoms with van der Waals surface area (Å²) in [6.07, 6.45) is 2.96. The van der Waals surface area contributed by atoms with Crippen LogP contribution in [-0.2, 0) is 0 Å². The minimum atomic E-state index is -0.330. The molecule has 2 N–H and O–H groups in total. The molecule has 0 aromatic carbocycles. The Morgan fingerprint density at radius 3 is 3.00 bits per heavy atom. The van der Waals surface area contributed by atoms with Gasteiger partial charge in [-0.3, -0.25) is 9.89 Å². The van der Waals surface area contributed by atoms with Crippen molar-refractivity contribution in [1.29, 1.82) is 0 Å². The van der Waals surface area contributed by atoms with Gasteiger partial charge in [-0.15, -0.1) is 0 Å². The van der Waals surface area contributed by atoms with Crippen LogP contribution in [0.4, 0.5) is 0 Å². The Hall–Kier alpha value is -2.18. The van der Waals surface area contributed by atoms with Crippen LogP contribution in [0.3, 0.4) is 0 Å². The molecule has 2 aromatic rings. The molecule has 0 aliphatic carbocycles. The SMILES string of the molecule is Cc1noc(C(C)NC(=O)c2cn[nH]c2)n1. The van der Waals surface area contributed by atoms with Crippen LogP contribution in [0, 0.1) is 6.92 Å². The van der Waals surface area contributed by atoms with Gasteiger partial charge in [-0.2, -0.15) is 10.1 Å². The summed E-state index contributed by atoms with van der Waals surface area (Å²) in [5.74, 6) is 0.686. The zero-order valence-corrected chi connectivity index (χ0v) is 8.89. The van der Waals surface area contributed by atoms with E-state index in [2.05, 4.69) is 25.7 Å². The maximum atomic E-state index is 11.6. The summed E-state index contributed by atoms with van der Waals surface area (Å²) in [6, 6.07) is -0.330. The van der Waals surface area contributed by atoms with Crippen LogP contribution in [0.1, 0.15) is 35.0 Å². The second kappa shape index (κ2) is 4.13. The molecule has 7 nitrogen and oxygen atoms in total. The van der Waals surface area contributed by atoms with E-state index in [4.69, 9.17) is 4.52 Å². The van der Waals surface area contributed by atoms with Crippen LogP contribution in [-0.4, -0.2) is 26.2 Å². The topological polar surface area (TPSA) is 96.7 Å². The number of H-pyrrole nitrogens is 1. The van der Waals surface area contributed by atoms with Gasteiger partial charge in [0.25, 0.3) is 5.91 Å². The molecule has 0 aliphatic heterocycles. The first-order chi connectivity index (χ1) is 7.66. The summed E-state index contributed by atoms with van der Waals surface area (Å²) < 4.78 is 4.95. The summed E-state index contributed by atoms with van der Waals surface area (Å²) in [4.78, 5) is 15.7. The number of aromatic nitrogens is 4. The van der Waals surface area contributed by atoms with Crippen molar-refractivity contribution in [1.82, 2.24) is 25.7 Å². The molecule has 2 rings (SSSR count). The van der Waals surface area contributed by atoms with E-state index >= 15 is 0 Å². The third-order valence-corrected chi connectivity index (χ3v) is 2.02. The molecule has 0 bridgehead atoms. The van der Waals surface area contributed by atoms with E-state index in [0.717, 1.165) is 0 Å². The molecule has 0 radical (unpaired) electrons. The van der Waals surface area contributed by atoms with E-state index in [0.29, 0.717) is 17.3 Å². The lowest BCUT2D eigenvalue weighted by molar-refractivity contribution is 0.0932. The highest BCUT2D eigenvalue weighted by atomic mass is 16.5. The Balaban J connectivity index is 2.03. The van der Waals surface area contributed by atoms with Crippen molar-refractivity contribution in [3.8, 4) is 0 Å². The van der Waals surface area contributed by atoms with Crippen molar-refractivity contribution in [3.63, 3.8) is 0 Å². The molecule has 1 amide bonds.